The van der Waals surface area contributed by atoms with Crippen molar-refractivity contribution >= 4 is 27.3 Å². The van der Waals surface area contributed by atoms with Gasteiger partial charge in [-0.25, -0.2) is 4.98 Å². The van der Waals surface area contributed by atoms with Crippen molar-refractivity contribution in [1.29, 1.82) is 0 Å². The van der Waals surface area contributed by atoms with Crippen molar-refractivity contribution in [3.63, 3.8) is 0 Å². The zero-order chi connectivity index (χ0) is 6.53. The topological polar surface area (TPSA) is 12.9 Å². The predicted molar refractivity (Wildman–Crippen MR) is 42.8 cm³/mol. The van der Waals surface area contributed by atoms with Crippen molar-refractivity contribution < 1.29 is 0 Å². The Morgan fingerprint density at radius 3 is 3.22 bits per heavy atom. The second kappa shape index (κ2) is 3.65. The van der Waals surface area contributed by atoms with Gasteiger partial charge in [-0.3, -0.25) is 0 Å². The monoisotopic (exact) mass is 201 g/mol. The molecule has 9 heavy (non-hydrogen) atoms. The third kappa shape index (κ3) is 2.17. The second-order valence-corrected chi connectivity index (χ2v) is 2.73. The first-order valence-corrected chi connectivity index (χ1v) is 4.38. The lowest BCUT2D eigenvalue weighted by atomic mass is 10.6. The minimum Gasteiger partial charge on any atom is -0.236 e. The van der Waals surface area contributed by atoms with Crippen molar-refractivity contribution in [1.82, 2.24) is 4.98 Å². The Labute approximate surface area is 66.3 Å². The molecular weight excluding hydrogens is 198 g/mol. The van der Waals surface area contributed by atoms with E-state index in [0.717, 1.165) is 5.01 Å². The average molecular weight is 202 g/mol. The molecule has 0 fully saturated rings. The van der Waals surface area contributed by atoms with Gasteiger partial charge in [0.15, 0.2) is 5.01 Å². The van der Waals surface area contributed by atoms with Crippen LogP contribution in [-0.2, 0) is 0 Å². The van der Waals surface area contributed by atoms with E-state index in [1.54, 1.807) is 17.5 Å². The van der Waals surface area contributed by atoms with E-state index in [1.807, 2.05) is 5.38 Å². The van der Waals surface area contributed by atoms with Gasteiger partial charge in [0.2, 0.25) is 0 Å². The molecule has 1 aromatic heterocycles. The van der Waals surface area contributed by atoms with Gasteiger partial charge in [0.1, 0.15) is 0 Å². The quantitative estimate of drug-likeness (QED) is 0.462. The van der Waals surface area contributed by atoms with Gasteiger partial charge in [-0.05, 0) is 5.92 Å². The van der Waals surface area contributed by atoms with E-state index in [4.69, 9.17) is 0 Å². The van der Waals surface area contributed by atoms with Crippen LogP contribution in [0.1, 0.15) is 5.01 Å². The van der Waals surface area contributed by atoms with Gasteiger partial charge >= 0.3 is 0 Å². The summed E-state index contributed by atoms with van der Waals surface area (Å²) in [5.74, 6) is 5.75. The van der Waals surface area contributed by atoms with Crippen LogP contribution in [0.5, 0.6) is 0 Å². The molecular formula is C6H4BrNS. The van der Waals surface area contributed by atoms with E-state index in [1.165, 1.54) is 0 Å². The van der Waals surface area contributed by atoms with Crippen molar-refractivity contribution in [2.24, 2.45) is 0 Å². The Kier molecular flexibility index (Phi) is 2.75. The van der Waals surface area contributed by atoms with Gasteiger partial charge < -0.3 is 0 Å². The molecule has 1 aromatic rings. The number of alkyl halides is 1. The van der Waals surface area contributed by atoms with Crippen molar-refractivity contribution in [2.45, 2.75) is 0 Å². The fourth-order valence-electron chi connectivity index (χ4n) is 0.394. The van der Waals surface area contributed by atoms with Gasteiger partial charge in [0, 0.05) is 11.6 Å². The van der Waals surface area contributed by atoms with Gasteiger partial charge in [0.05, 0.1) is 5.33 Å². The molecule has 0 bridgehead atoms. The molecule has 0 radical (unpaired) electrons. The SMILES string of the molecule is BrCC#Cc1nccs1. The Morgan fingerprint density at radius 2 is 2.67 bits per heavy atom. The maximum atomic E-state index is 3.98. The summed E-state index contributed by atoms with van der Waals surface area (Å²) in [4.78, 5) is 3.98. The van der Waals surface area contributed by atoms with Crippen LogP contribution in [-0.4, -0.2) is 10.3 Å². The Hall–Kier alpha value is -0.330. The molecule has 1 heterocycles. The van der Waals surface area contributed by atoms with Crippen LogP contribution in [0, 0.1) is 11.8 Å². The van der Waals surface area contributed by atoms with E-state index >= 15 is 0 Å². The number of halogens is 1. The lowest BCUT2D eigenvalue weighted by Gasteiger charge is -1.70. The molecule has 0 atom stereocenters. The maximum absolute atomic E-state index is 3.98. The fraction of sp³-hybridized carbons (Fsp3) is 0.167. The highest BCUT2D eigenvalue weighted by molar-refractivity contribution is 9.09. The first-order valence-electron chi connectivity index (χ1n) is 2.38. The third-order valence-electron chi connectivity index (χ3n) is 0.694. The van der Waals surface area contributed by atoms with Crippen LogP contribution >= 0.6 is 27.3 Å². The normalized spacial score (nSPS) is 8.11. The Balaban J connectivity index is 2.67. The molecule has 0 aromatic carbocycles. The molecule has 0 aliphatic heterocycles. The number of aromatic nitrogens is 1. The summed E-state index contributed by atoms with van der Waals surface area (Å²) in [5, 5.41) is 3.51. The predicted octanol–water partition coefficient (Wildman–Crippen LogP) is 1.89. The zero-order valence-electron chi connectivity index (χ0n) is 4.60. The highest BCUT2D eigenvalue weighted by Gasteiger charge is 1.83. The van der Waals surface area contributed by atoms with Crippen molar-refractivity contribution in [3.05, 3.63) is 16.6 Å². The van der Waals surface area contributed by atoms with Crippen LogP contribution in [0.3, 0.4) is 0 Å². The largest absolute Gasteiger partial charge is 0.236 e. The van der Waals surface area contributed by atoms with E-state index in [2.05, 4.69) is 32.8 Å². The summed E-state index contributed by atoms with van der Waals surface area (Å²) in [7, 11) is 0. The number of nitrogens with zero attached hydrogens (tertiary/aromatic N) is 1. The van der Waals surface area contributed by atoms with Gasteiger partial charge in [0.25, 0.3) is 0 Å². The first-order chi connectivity index (χ1) is 4.43. The molecule has 0 aliphatic carbocycles. The van der Waals surface area contributed by atoms with Crippen LogP contribution in [0.25, 0.3) is 0 Å². The molecule has 0 unspecified atom stereocenters. The summed E-state index contributed by atoms with van der Waals surface area (Å²) in [6.07, 6.45) is 1.75. The van der Waals surface area contributed by atoms with Crippen LogP contribution in [0.15, 0.2) is 11.6 Å². The smallest absolute Gasteiger partial charge is 0.166 e. The van der Waals surface area contributed by atoms with E-state index < -0.39 is 0 Å². The van der Waals surface area contributed by atoms with Crippen molar-refractivity contribution in [3.8, 4) is 11.8 Å². The Bertz CT molecular complexity index is 219. The fourth-order valence-corrected chi connectivity index (χ4v) is 1.04. The summed E-state index contributed by atoms with van der Waals surface area (Å²) >= 11 is 4.76. The number of hydrogen-bond acceptors (Lipinski definition) is 2. The van der Waals surface area contributed by atoms with Crippen LogP contribution < -0.4 is 0 Å². The van der Waals surface area contributed by atoms with Crippen LogP contribution in [0.4, 0.5) is 0 Å². The molecule has 3 heteroatoms. The molecule has 1 nitrogen and oxygen atoms in total. The molecule has 0 aliphatic rings. The lowest BCUT2D eigenvalue weighted by molar-refractivity contribution is 1.39. The molecule has 46 valence electrons. The molecule has 0 saturated heterocycles. The lowest BCUT2D eigenvalue weighted by Crippen LogP contribution is -1.66. The number of rotatable bonds is 0. The molecule has 0 amide bonds. The summed E-state index contributed by atoms with van der Waals surface area (Å²) in [5.41, 5.74) is 0. The molecule has 0 saturated carbocycles. The van der Waals surface area contributed by atoms with Crippen molar-refractivity contribution in [2.75, 3.05) is 5.33 Å². The first kappa shape index (κ1) is 6.79. The zero-order valence-corrected chi connectivity index (χ0v) is 7.00. The Morgan fingerprint density at radius 1 is 1.78 bits per heavy atom. The third-order valence-corrected chi connectivity index (χ3v) is 1.66. The minimum absolute atomic E-state index is 0.715. The minimum atomic E-state index is 0.715. The summed E-state index contributed by atoms with van der Waals surface area (Å²) in [6.45, 7) is 0. The number of hydrogen-bond donors (Lipinski definition) is 0. The molecule has 0 N–H and O–H groups in total. The summed E-state index contributed by atoms with van der Waals surface area (Å²) < 4.78 is 0. The van der Waals surface area contributed by atoms with Crippen LogP contribution in [0.2, 0.25) is 0 Å². The van der Waals surface area contributed by atoms with E-state index in [0.29, 0.717) is 5.33 Å². The van der Waals surface area contributed by atoms with Gasteiger partial charge in [-0.15, -0.1) is 11.3 Å². The van der Waals surface area contributed by atoms with E-state index in [9.17, 15) is 0 Å². The maximum Gasteiger partial charge on any atom is 0.166 e. The summed E-state index contributed by atoms with van der Waals surface area (Å²) in [6, 6.07) is 0. The highest BCUT2D eigenvalue weighted by atomic mass is 79.9. The van der Waals surface area contributed by atoms with Gasteiger partial charge in [-0.1, -0.05) is 21.9 Å². The van der Waals surface area contributed by atoms with E-state index in [-0.39, 0.29) is 0 Å². The number of thiazole rings is 1. The second-order valence-electron chi connectivity index (χ2n) is 1.27. The average Bonchev–Trinajstić information content (AvgIpc) is 2.34. The molecule has 0 spiro atoms. The standard InChI is InChI=1S/C6H4BrNS/c7-3-1-2-6-8-4-5-9-6/h4-5H,3H2. The highest BCUT2D eigenvalue weighted by Crippen LogP contribution is 2.00. The van der Waals surface area contributed by atoms with Gasteiger partial charge in [-0.2, -0.15) is 0 Å². The molecule has 1 rings (SSSR count).